The average molecular weight is 384 g/mol. The fourth-order valence-corrected chi connectivity index (χ4v) is 3.93. The summed E-state index contributed by atoms with van der Waals surface area (Å²) < 4.78 is 24.5. The van der Waals surface area contributed by atoms with E-state index in [1.807, 2.05) is 36.2 Å². The predicted molar refractivity (Wildman–Crippen MR) is 103 cm³/mol. The molecule has 28 heavy (non-hydrogen) atoms. The van der Waals surface area contributed by atoms with Crippen molar-refractivity contribution >= 4 is 5.91 Å². The number of fused-ring (bicyclic) bond motifs is 1. The Kier molecular flexibility index (Phi) is 5.48. The number of benzene rings is 2. The molecule has 0 aliphatic carbocycles. The van der Waals surface area contributed by atoms with E-state index in [4.69, 9.17) is 9.47 Å². The molecule has 5 nitrogen and oxygen atoms in total. The largest absolute Gasteiger partial charge is 0.454 e. The molecule has 1 unspecified atom stereocenters. The molecule has 2 aromatic carbocycles. The van der Waals surface area contributed by atoms with Crippen LogP contribution in [0, 0.1) is 5.82 Å². The Balaban J connectivity index is 1.57. The minimum absolute atomic E-state index is 0.0872. The van der Waals surface area contributed by atoms with Crippen LogP contribution in [-0.2, 0) is 17.9 Å². The van der Waals surface area contributed by atoms with E-state index >= 15 is 0 Å². The number of carbonyl (C=O) groups excluding carboxylic acids is 1. The molecule has 0 radical (unpaired) electrons. The first-order valence-corrected chi connectivity index (χ1v) is 9.72. The second-order valence-corrected chi connectivity index (χ2v) is 7.50. The number of halogens is 1. The van der Waals surface area contributed by atoms with Gasteiger partial charge in [-0.1, -0.05) is 24.6 Å². The lowest BCUT2D eigenvalue weighted by Gasteiger charge is -2.35. The van der Waals surface area contributed by atoms with Gasteiger partial charge in [-0.05, 0) is 61.8 Å². The number of likely N-dealkylation sites (tertiary alicyclic amines) is 1. The van der Waals surface area contributed by atoms with Crippen LogP contribution in [0.1, 0.15) is 30.4 Å². The highest BCUT2D eigenvalue weighted by molar-refractivity contribution is 5.82. The van der Waals surface area contributed by atoms with Gasteiger partial charge in [0.2, 0.25) is 12.7 Å². The van der Waals surface area contributed by atoms with Crippen molar-refractivity contribution in [2.24, 2.45) is 0 Å². The van der Waals surface area contributed by atoms with Crippen LogP contribution >= 0.6 is 0 Å². The molecular formula is C22H25FN2O3. The number of nitrogens with zero attached hydrogens (tertiary/aromatic N) is 2. The quantitative estimate of drug-likeness (QED) is 0.790. The maximum Gasteiger partial charge on any atom is 0.240 e. The fraction of sp³-hybridized carbons (Fsp3) is 0.409. The zero-order valence-electron chi connectivity index (χ0n) is 16.1. The summed E-state index contributed by atoms with van der Waals surface area (Å²) in [4.78, 5) is 17.3. The van der Waals surface area contributed by atoms with Crippen molar-refractivity contribution in [2.45, 2.75) is 38.4 Å². The van der Waals surface area contributed by atoms with Gasteiger partial charge in [0.25, 0.3) is 0 Å². The van der Waals surface area contributed by atoms with Gasteiger partial charge in [0, 0.05) is 13.1 Å². The first kappa shape index (κ1) is 18.7. The normalized spacial score (nSPS) is 18.9. The van der Waals surface area contributed by atoms with E-state index in [0.717, 1.165) is 42.7 Å². The highest BCUT2D eigenvalue weighted by atomic mass is 19.1. The molecule has 4 rings (SSSR count). The maximum absolute atomic E-state index is 13.7. The van der Waals surface area contributed by atoms with Gasteiger partial charge >= 0.3 is 0 Å². The van der Waals surface area contributed by atoms with Gasteiger partial charge < -0.3 is 14.4 Å². The zero-order valence-corrected chi connectivity index (χ0v) is 16.1. The second-order valence-electron chi connectivity index (χ2n) is 7.50. The number of amides is 1. The number of carbonyl (C=O) groups is 1. The highest BCUT2D eigenvalue weighted by Crippen LogP contribution is 2.33. The molecule has 2 heterocycles. The van der Waals surface area contributed by atoms with Crippen molar-refractivity contribution in [3.63, 3.8) is 0 Å². The van der Waals surface area contributed by atoms with Crippen LogP contribution in [0.3, 0.4) is 0 Å². The molecule has 2 aliphatic rings. The van der Waals surface area contributed by atoms with Gasteiger partial charge in [-0.25, -0.2) is 4.39 Å². The molecular weight excluding hydrogens is 359 g/mol. The van der Waals surface area contributed by atoms with Gasteiger partial charge in [0.15, 0.2) is 11.5 Å². The van der Waals surface area contributed by atoms with Crippen LogP contribution in [0.5, 0.6) is 11.5 Å². The van der Waals surface area contributed by atoms with Gasteiger partial charge in [-0.2, -0.15) is 0 Å². The Labute approximate surface area is 164 Å². The predicted octanol–water partition coefficient (Wildman–Crippen LogP) is 3.57. The van der Waals surface area contributed by atoms with Gasteiger partial charge in [0.1, 0.15) is 5.82 Å². The first-order chi connectivity index (χ1) is 13.6. The fourth-order valence-electron chi connectivity index (χ4n) is 3.93. The van der Waals surface area contributed by atoms with Crippen molar-refractivity contribution in [3.05, 3.63) is 59.4 Å². The summed E-state index contributed by atoms with van der Waals surface area (Å²) >= 11 is 0. The van der Waals surface area contributed by atoms with Gasteiger partial charge in [-0.3, -0.25) is 9.69 Å². The number of rotatable bonds is 5. The van der Waals surface area contributed by atoms with Crippen molar-refractivity contribution in [1.82, 2.24) is 9.80 Å². The Morgan fingerprint density at radius 3 is 2.68 bits per heavy atom. The smallest absolute Gasteiger partial charge is 0.240 e. The summed E-state index contributed by atoms with van der Waals surface area (Å²) in [5.41, 5.74) is 1.75. The average Bonchev–Trinajstić information content (AvgIpc) is 3.15. The summed E-state index contributed by atoms with van der Waals surface area (Å²) in [7, 11) is 2.00. The molecule has 148 valence electrons. The molecule has 0 aromatic heterocycles. The Hall–Kier alpha value is -2.60. The van der Waals surface area contributed by atoms with Crippen molar-refractivity contribution in [3.8, 4) is 11.5 Å². The SMILES string of the molecule is CN1CCCCC1C(=O)N(Cc1cccc(F)c1)Cc1ccc2c(c1)OCO2. The number of piperidine rings is 1. The summed E-state index contributed by atoms with van der Waals surface area (Å²) in [6, 6.07) is 12.1. The molecule has 2 aliphatic heterocycles. The lowest BCUT2D eigenvalue weighted by molar-refractivity contribution is -0.139. The molecule has 0 spiro atoms. The molecule has 1 atom stereocenters. The van der Waals surface area contributed by atoms with Crippen molar-refractivity contribution in [2.75, 3.05) is 20.4 Å². The van der Waals surface area contributed by atoms with E-state index in [-0.39, 0.29) is 24.6 Å². The third-order valence-corrected chi connectivity index (χ3v) is 5.44. The number of hydrogen-bond donors (Lipinski definition) is 0. The zero-order chi connectivity index (χ0) is 19.5. The van der Waals surface area contributed by atoms with Crippen LogP contribution in [0.4, 0.5) is 4.39 Å². The molecule has 1 fully saturated rings. The van der Waals surface area contributed by atoms with E-state index in [1.165, 1.54) is 12.1 Å². The number of ether oxygens (including phenoxy) is 2. The van der Waals surface area contributed by atoms with Crippen LogP contribution in [0.15, 0.2) is 42.5 Å². The highest BCUT2D eigenvalue weighted by Gasteiger charge is 2.30. The monoisotopic (exact) mass is 384 g/mol. The van der Waals surface area contributed by atoms with Gasteiger partial charge in [0.05, 0.1) is 6.04 Å². The van der Waals surface area contributed by atoms with E-state index in [0.29, 0.717) is 18.8 Å². The minimum atomic E-state index is -0.289. The van der Waals surface area contributed by atoms with Crippen LogP contribution in [-0.4, -0.2) is 42.1 Å². The minimum Gasteiger partial charge on any atom is -0.454 e. The van der Waals surface area contributed by atoms with E-state index < -0.39 is 0 Å². The number of hydrogen-bond acceptors (Lipinski definition) is 4. The van der Waals surface area contributed by atoms with Crippen molar-refractivity contribution < 1.29 is 18.7 Å². The molecule has 0 saturated carbocycles. The Morgan fingerprint density at radius 1 is 1.11 bits per heavy atom. The maximum atomic E-state index is 13.7. The van der Waals surface area contributed by atoms with Crippen LogP contribution < -0.4 is 9.47 Å². The van der Waals surface area contributed by atoms with Crippen molar-refractivity contribution in [1.29, 1.82) is 0 Å². The molecule has 0 bridgehead atoms. The molecule has 0 N–H and O–H groups in total. The third-order valence-electron chi connectivity index (χ3n) is 5.44. The first-order valence-electron chi connectivity index (χ1n) is 9.72. The van der Waals surface area contributed by atoms with Crippen LogP contribution in [0.2, 0.25) is 0 Å². The Bertz CT molecular complexity index is 857. The summed E-state index contributed by atoms with van der Waals surface area (Å²) in [5.74, 6) is 1.22. The van der Waals surface area contributed by atoms with Gasteiger partial charge in [-0.15, -0.1) is 0 Å². The van der Waals surface area contributed by atoms with Crippen LogP contribution in [0.25, 0.3) is 0 Å². The number of likely N-dealkylation sites (N-methyl/N-ethyl adjacent to an activating group) is 1. The summed E-state index contributed by atoms with van der Waals surface area (Å²) in [6.45, 7) is 1.96. The third kappa shape index (κ3) is 4.12. The lowest BCUT2D eigenvalue weighted by Crippen LogP contribution is -2.48. The summed E-state index contributed by atoms with van der Waals surface area (Å²) in [6.07, 6.45) is 3.03. The molecule has 2 aromatic rings. The van der Waals surface area contributed by atoms with E-state index in [1.54, 1.807) is 6.07 Å². The second kappa shape index (κ2) is 8.19. The standard InChI is InChI=1S/C22H25FN2O3/c1-24-10-3-2-7-19(24)22(26)25(13-16-5-4-6-18(23)11-16)14-17-8-9-20-21(12-17)28-15-27-20/h4-6,8-9,11-12,19H,2-3,7,10,13-15H2,1H3. The lowest BCUT2D eigenvalue weighted by atomic mass is 10.0. The topological polar surface area (TPSA) is 42.0 Å². The van der Waals surface area contributed by atoms with E-state index in [2.05, 4.69) is 4.90 Å². The molecule has 6 heteroatoms. The molecule has 1 amide bonds. The Morgan fingerprint density at radius 2 is 1.89 bits per heavy atom. The molecule has 1 saturated heterocycles. The van der Waals surface area contributed by atoms with E-state index in [9.17, 15) is 9.18 Å². The summed E-state index contributed by atoms with van der Waals surface area (Å²) in [5, 5.41) is 0.